The molecule has 1 aliphatic heterocycles. The summed E-state index contributed by atoms with van der Waals surface area (Å²) in [5, 5.41) is 12.5. The quantitative estimate of drug-likeness (QED) is 0.459. The van der Waals surface area contributed by atoms with E-state index in [0.717, 1.165) is 5.56 Å². The average molecular weight is 228 g/mol. The predicted molar refractivity (Wildman–Crippen MR) is 63.2 cm³/mol. The maximum absolute atomic E-state index is 11.4. The van der Waals surface area contributed by atoms with Crippen LogP contribution in [0, 0.1) is 11.3 Å². The second-order valence-electron chi connectivity index (χ2n) is 3.69. The first-order valence-corrected chi connectivity index (χ1v) is 5.31. The molecule has 1 aromatic carbocycles. The van der Waals surface area contributed by atoms with Gasteiger partial charge in [-0.1, -0.05) is 30.3 Å². The monoisotopic (exact) mass is 228 g/mol. The third-order valence-electron chi connectivity index (χ3n) is 2.42. The van der Waals surface area contributed by atoms with Crippen LogP contribution in [0.2, 0.25) is 0 Å². The van der Waals surface area contributed by atoms with Gasteiger partial charge in [-0.25, -0.2) is 0 Å². The average Bonchev–Trinajstić information content (AvgIpc) is 3.15. The normalized spacial score (nSPS) is 17.8. The van der Waals surface area contributed by atoms with Crippen molar-refractivity contribution in [3.05, 3.63) is 35.9 Å². The number of hydrogen-bond acceptors (Lipinski definition) is 4. The van der Waals surface area contributed by atoms with E-state index in [4.69, 9.17) is 5.26 Å². The maximum Gasteiger partial charge on any atom is 0.244 e. The highest BCUT2D eigenvalue weighted by Crippen LogP contribution is 2.15. The summed E-state index contributed by atoms with van der Waals surface area (Å²) in [6.45, 7) is 0.668. The molecule has 1 aromatic rings. The lowest BCUT2D eigenvalue weighted by atomic mass is 10.2. The van der Waals surface area contributed by atoms with Crippen molar-refractivity contribution < 1.29 is 4.79 Å². The number of benzene rings is 1. The van der Waals surface area contributed by atoms with E-state index in [0.29, 0.717) is 6.54 Å². The first-order chi connectivity index (χ1) is 8.31. The Morgan fingerprint density at radius 1 is 1.59 bits per heavy atom. The number of carbonyl (C=O) groups excluding carboxylic acids is 1. The molecule has 1 heterocycles. The van der Waals surface area contributed by atoms with Crippen LogP contribution in [0.3, 0.4) is 0 Å². The Hall–Kier alpha value is -2.35. The van der Waals surface area contributed by atoms with Gasteiger partial charge in [0, 0.05) is 0 Å². The summed E-state index contributed by atoms with van der Waals surface area (Å²) in [6.07, 6.45) is 1.65. The van der Waals surface area contributed by atoms with E-state index in [1.165, 1.54) is 4.90 Å². The number of nitriles is 1. The molecular weight excluding hydrogens is 216 g/mol. The molecule has 1 aliphatic rings. The molecule has 5 nitrogen and oxygen atoms in total. The first-order valence-electron chi connectivity index (χ1n) is 5.31. The fourth-order valence-electron chi connectivity index (χ4n) is 1.40. The van der Waals surface area contributed by atoms with Crippen molar-refractivity contribution in [3.8, 4) is 6.07 Å². The lowest BCUT2D eigenvalue weighted by molar-refractivity contribution is -0.125. The van der Waals surface area contributed by atoms with E-state index in [1.807, 2.05) is 36.4 Å². The highest BCUT2D eigenvalue weighted by atomic mass is 16.2. The van der Waals surface area contributed by atoms with Crippen molar-refractivity contribution in [1.29, 1.82) is 5.26 Å². The Kier molecular flexibility index (Phi) is 3.36. The van der Waals surface area contributed by atoms with Crippen LogP contribution in [0.5, 0.6) is 0 Å². The van der Waals surface area contributed by atoms with Crippen LogP contribution in [0.15, 0.2) is 35.4 Å². The van der Waals surface area contributed by atoms with E-state index < -0.39 is 0 Å². The van der Waals surface area contributed by atoms with Gasteiger partial charge in [0.2, 0.25) is 5.91 Å². The van der Waals surface area contributed by atoms with Gasteiger partial charge in [-0.05, 0) is 5.56 Å². The van der Waals surface area contributed by atoms with Crippen LogP contribution in [0.1, 0.15) is 5.56 Å². The van der Waals surface area contributed by atoms with Crippen LogP contribution in [0.4, 0.5) is 0 Å². The second kappa shape index (κ2) is 5.12. The van der Waals surface area contributed by atoms with E-state index in [9.17, 15) is 4.79 Å². The molecule has 1 saturated heterocycles. The molecule has 0 aliphatic carbocycles. The summed E-state index contributed by atoms with van der Waals surface area (Å²) in [5.41, 5.74) is 3.64. The number of nitrogens with zero attached hydrogens (tertiary/aromatic N) is 3. The zero-order chi connectivity index (χ0) is 12.1. The topological polar surface area (TPSA) is 68.3 Å². The van der Waals surface area contributed by atoms with E-state index in [2.05, 4.69) is 10.5 Å². The largest absolute Gasteiger partial charge is 0.320 e. The van der Waals surface area contributed by atoms with Crippen molar-refractivity contribution in [2.75, 3.05) is 13.1 Å². The Labute approximate surface area is 99.3 Å². The Bertz CT molecular complexity index is 463. The standard InChI is InChI=1S/C12H12N4O/c13-6-11-9-16(11)12(17)8-15-14-7-10-4-2-1-3-5-10/h1-5,7,11,15H,8-9H2/b14-7+. The summed E-state index contributed by atoms with van der Waals surface area (Å²) in [5.74, 6) is -0.0956. The summed E-state index contributed by atoms with van der Waals surface area (Å²) >= 11 is 0. The molecule has 2 rings (SSSR count). The molecule has 0 radical (unpaired) electrons. The molecule has 86 valence electrons. The predicted octanol–water partition coefficient (Wildman–Crippen LogP) is 0.344. The van der Waals surface area contributed by atoms with Gasteiger partial charge in [-0.2, -0.15) is 10.4 Å². The molecule has 0 spiro atoms. The minimum absolute atomic E-state index is 0.0956. The summed E-state index contributed by atoms with van der Waals surface area (Å²) in [7, 11) is 0. The molecule has 1 N–H and O–H groups in total. The lowest BCUT2D eigenvalue weighted by Gasteiger charge is -2.00. The summed E-state index contributed by atoms with van der Waals surface area (Å²) in [6, 6.07) is 11.4. The highest BCUT2D eigenvalue weighted by Gasteiger charge is 2.37. The number of hydrogen-bond donors (Lipinski definition) is 1. The van der Waals surface area contributed by atoms with Gasteiger partial charge in [-0.15, -0.1) is 0 Å². The van der Waals surface area contributed by atoms with Crippen LogP contribution >= 0.6 is 0 Å². The zero-order valence-corrected chi connectivity index (χ0v) is 9.21. The van der Waals surface area contributed by atoms with E-state index in [1.54, 1.807) is 6.21 Å². The van der Waals surface area contributed by atoms with Gasteiger partial charge in [0.15, 0.2) is 0 Å². The second-order valence-corrected chi connectivity index (χ2v) is 3.69. The number of rotatable bonds is 4. The SMILES string of the molecule is N#CC1CN1C(=O)CN/N=C/c1ccccc1. The molecule has 0 saturated carbocycles. The fourth-order valence-corrected chi connectivity index (χ4v) is 1.40. The Morgan fingerprint density at radius 3 is 3.00 bits per heavy atom. The number of nitrogens with one attached hydrogen (secondary N) is 1. The number of hydrazone groups is 1. The Morgan fingerprint density at radius 2 is 2.35 bits per heavy atom. The third kappa shape index (κ3) is 3.05. The molecule has 0 aromatic heterocycles. The van der Waals surface area contributed by atoms with Crippen LogP contribution in [-0.2, 0) is 4.79 Å². The smallest absolute Gasteiger partial charge is 0.244 e. The van der Waals surface area contributed by atoms with E-state index in [-0.39, 0.29) is 18.5 Å². The van der Waals surface area contributed by atoms with Crippen LogP contribution in [-0.4, -0.2) is 36.2 Å². The van der Waals surface area contributed by atoms with Gasteiger partial charge in [0.1, 0.15) is 12.6 Å². The van der Waals surface area contributed by atoms with Crippen LogP contribution < -0.4 is 5.43 Å². The summed E-state index contributed by atoms with van der Waals surface area (Å²) in [4.78, 5) is 12.9. The third-order valence-corrected chi connectivity index (χ3v) is 2.42. The maximum atomic E-state index is 11.4. The van der Waals surface area contributed by atoms with Crippen molar-refractivity contribution in [1.82, 2.24) is 10.3 Å². The Balaban J connectivity index is 1.72. The van der Waals surface area contributed by atoms with Gasteiger partial charge in [0.25, 0.3) is 0 Å². The van der Waals surface area contributed by atoms with Gasteiger partial charge >= 0.3 is 0 Å². The van der Waals surface area contributed by atoms with Crippen molar-refractivity contribution in [3.63, 3.8) is 0 Å². The van der Waals surface area contributed by atoms with Crippen molar-refractivity contribution >= 4 is 12.1 Å². The minimum Gasteiger partial charge on any atom is -0.320 e. The first kappa shape index (κ1) is 11.1. The minimum atomic E-state index is -0.234. The summed E-state index contributed by atoms with van der Waals surface area (Å²) < 4.78 is 0. The number of carbonyl (C=O) groups is 1. The molecular formula is C12H12N4O. The van der Waals surface area contributed by atoms with Crippen molar-refractivity contribution in [2.45, 2.75) is 6.04 Å². The lowest BCUT2D eigenvalue weighted by Crippen LogP contribution is -2.25. The fraction of sp³-hybridized carbons (Fsp3) is 0.250. The van der Waals surface area contributed by atoms with Crippen molar-refractivity contribution in [2.24, 2.45) is 5.10 Å². The van der Waals surface area contributed by atoms with E-state index >= 15 is 0 Å². The molecule has 17 heavy (non-hydrogen) atoms. The van der Waals surface area contributed by atoms with Gasteiger partial charge < -0.3 is 10.3 Å². The highest BCUT2D eigenvalue weighted by molar-refractivity contribution is 5.82. The number of amides is 1. The molecule has 1 amide bonds. The molecule has 5 heteroatoms. The van der Waals surface area contributed by atoms with Gasteiger partial charge in [0.05, 0.1) is 18.8 Å². The molecule has 0 bridgehead atoms. The molecule has 1 fully saturated rings. The molecule has 1 unspecified atom stereocenters. The van der Waals surface area contributed by atoms with Crippen LogP contribution in [0.25, 0.3) is 0 Å². The molecule has 1 atom stereocenters. The van der Waals surface area contributed by atoms with Gasteiger partial charge in [-0.3, -0.25) is 4.79 Å². The zero-order valence-electron chi connectivity index (χ0n) is 9.21.